The molecule has 1 heterocycles. The zero-order valence-corrected chi connectivity index (χ0v) is 7.75. The van der Waals surface area contributed by atoms with Crippen LogP contribution in [0.15, 0.2) is 12.1 Å². The molecule has 0 amide bonds. The summed E-state index contributed by atoms with van der Waals surface area (Å²) in [6, 6.07) is 3.15. The second-order valence-electron chi connectivity index (χ2n) is 3.16. The molecule has 14 heavy (non-hydrogen) atoms. The van der Waals surface area contributed by atoms with Crippen LogP contribution in [0.1, 0.15) is 11.1 Å². The average Bonchev–Trinajstić information content (AvgIpc) is 2.23. The van der Waals surface area contributed by atoms with E-state index < -0.39 is 0 Å². The summed E-state index contributed by atoms with van der Waals surface area (Å²) in [5.41, 5.74) is 6.90. The zero-order chi connectivity index (χ0) is 9.97. The molecule has 0 bridgehead atoms. The van der Waals surface area contributed by atoms with Crippen LogP contribution in [0.5, 0.6) is 5.75 Å². The van der Waals surface area contributed by atoms with Gasteiger partial charge in [-0.05, 0) is 24.6 Å². The van der Waals surface area contributed by atoms with Crippen molar-refractivity contribution >= 4 is 0 Å². The second kappa shape index (κ2) is 3.94. The van der Waals surface area contributed by atoms with Crippen LogP contribution in [0.2, 0.25) is 0 Å². The Balaban J connectivity index is 2.42. The van der Waals surface area contributed by atoms with Gasteiger partial charge in [0.2, 0.25) is 0 Å². The van der Waals surface area contributed by atoms with Gasteiger partial charge >= 0.3 is 0 Å². The molecule has 0 fully saturated rings. The topological polar surface area (TPSA) is 44.5 Å². The minimum Gasteiger partial charge on any atom is -0.467 e. The van der Waals surface area contributed by atoms with Crippen LogP contribution in [-0.2, 0) is 17.8 Å². The molecule has 0 saturated carbocycles. The first-order valence-corrected chi connectivity index (χ1v) is 4.54. The van der Waals surface area contributed by atoms with E-state index in [0.717, 1.165) is 5.56 Å². The highest BCUT2D eigenvalue weighted by Gasteiger charge is 2.18. The molecular formula is C10H12FNO2. The lowest BCUT2D eigenvalue weighted by Crippen LogP contribution is -2.16. The van der Waals surface area contributed by atoms with Gasteiger partial charge in [-0.25, -0.2) is 4.39 Å². The molecule has 76 valence electrons. The summed E-state index contributed by atoms with van der Waals surface area (Å²) in [7, 11) is 0. The quantitative estimate of drug-likeness (QED) is 0.774. The fraction of sp³-hybridized carbons (Fsp3) is 0.400. The largest absolute Gasteiger partial charge is 0.467 e. The lowest BCUT2D eigenvalue weighted by Gasteiger charge is -2.20. The van der Waals surface area contributed by atoms with Crippen molar-refractivity contribution in [2.45, 2.75) is 13.0 Å². The fourth-order valence-corrected chi connectivity index (χ4v) is 1.56. The maximum atomic E-state index is 13.3. The highest BCUT2D eigenvalue weighted by Crippen LogP contribution is 2.30. The molecule has 0 atom stereocenters. The Morgan fingerprint density at radius 3 is 3.07 bits per heavy atom. The Hall–Kier alpha value is -1.13. The first-order chi connectivity index (χ1) is 6.83. The lowest BCUT2D eigenvalue weighted by atomic mass is 10.1. The SMILES string of the molecule is NCCc1ccc(F)c2c1OCOC2. The van der Waals surface area contributed by atoms with Crippen molar-refractivity contribution in [2.24, 2.45) is 5.73 Å². The van der Waals surface area contributed by atoms with E-state index in [1.54, 1.807) is 6.07 Å². The Morgan fingerprint density at radius 1 is 1.43 bits per heavy atom. The Morgan fingerprint density at radius 2 is 2.29 bits per heavy atom. The summed E-state index contributed by atoms with van der Waals surface area (Å²) in [5.74, 6) is 0.335. The number of ether oxygens (including phenoxy) is 2. The minimum absolute atomic E-state index is 0.189. The highest BCUT2D eigenvalue weighted by atomic mass is 19.1. The molecule has 2 rings (SSSR count). The van der Waals surface area contributed by atoms with E-state index in [1.807, 2.05) is 0 Å². The third-order valence-electron chi connectivity index (χ3n) is 2.23. The number of hydrogen-bond acceptors (Lipinski definition) is 3. The van der Waals surface area contributed by atoms with E-state index in [-0.39, 0.29) is 19.2 Å². The third-order valence-corrected chi connectivity index (χ3v) is 2.23. The van der Waals surface area contributed by atoms with E-state index in [0.29, 0.717) is 24.3 Å². The molecule has 1 aromatic carbocycles. The molecule has 1 aliphatic heterocycles. The van der Waals surface area contributed by atoms with Crippen molar-refractivity contribution in [3.8, 4) is 5.75 Å². The molecule has 2 N–H and O–H groups in total. The van der Waals surface area contributed by atoms with Crippen molar-refractivity contribution in [1.29, 1.82) is 0 Å². The molecule has 0 spiro atoms. The van der Waals surface area contributed by atoms with Crippen LogP contribution in [0.3, 0.4) is 0 Å². The van der Waals surface area contributed by atoms with E-state index in [9.17, 15) is 4.39 Å². The number of fused-ring (bicyclic) bond motifs is 1. The van der Waals surface area contributed by atoms with Crippen molar-refractivity contribution < 1.29 is 13.9 Å². The van der Waals surface area contributed by atoms with Crippen molar-refractivity contribution in [3.05, 3.63) is 29.1 Å². The molecule has 0 saturated heterocycles. The van der Waals surface area contributed by atoms with E-state index in [2.05, 4.69) is 0 Å². The summed E-state index contributed by atoms with van der Waals surface area (Å²) in [5, 5.41) is 0. The molecule has 0 aromatic heterocycles. The monoisotopic (exact) mass is 197 g/mol. The van der Waals surface area contributed by atoms with Gasteiger partial charge < -0.3 is 15.2 Å². The second-order valence-corrected chi connectivity index (χ2v) is 3.16. The van der Waals surface area contributed by atoms with Crippen molar-refractivity contribution in [2.75, 3.05) is 13.3 Å². The summed E-state index contributed by atoms with van der Waals surface area (Å²) in [6.45, 7) is 0.996. The van der Waals surface area contributed by atoms with Gasteiger partial charge in [0.25, 0.3) is 0 Å². The number of hydrogen-bond donors (Lipinski definition) is 1. The number of benzene rings is 1. The molecular weight excluding hydrogens is 185 g/mol. The Kier molecular flexibility index (Phi) is 2.65. The lowest BCUT2D eigenvalue weighted by molar-refractivity contribution is -0.0189. The Bertz CT molecular complexity index is 341. The summed E-state index contributed by atoms with van der Waals surface area (Å²) in [6.07, 6.45) is 0.697. The maximum absolute atomic E-state index is 13.3. The third kappa shape index (κ3) is 1.58. The van der Waals surface area contributed by atoms with Gasteiger partial charge in [-0.15, -0.1) is 0 Å². The standard InChI is InChI=1S/C10H12FNO2/c11-9-2-1-7(3-4-12)10-8(9)5-13-6-14-10/h1-2H,3-6,12H2. The van der Waals surface area contributed by atoms with Crippen LogP contribution in [0.4, 0.5) is 4.39 Å². The molecule has 0 aliphatic carbocycles. The molecule has 0 unspecified atom stereocenters. The molecule has 0 radical (unpaired) electrons. The van der Waals surface area contributed by atoms with Crippen LogP contribution >= 0.6 is 0 Å². The minimum atomic E-state index is -0.277. The zero-order valence-electron chi connectivity index (χ0n) is 7.75. The van der Waals surface area contributed by atoms with Crippen LogP contribution < -0.4 is 10.5 Å². The van der Waals surface area contributed by atoms with Crippen molar-refractivity contribution in [1.82, 2.24) is 0 Å². The maximum Gasteiger partial charge on any atom is 0.189 e. The van der Waals surface area contributed by atoms with Gasteiger partial charge in [-0.2, -0.15) is 0 Å². The van der Waals surface area contributed by atoms with Gasteiger partial charge in [0.15, 0.2) is 6.79 Å². The average molecular weight is 197 g/mol. The molecule has 1 aliphatic rings. The summed E-state index contributed by atoms with van der Waals surface area (Å²) in [4.78, 5) is 0. The fourth-order valence-electron chi connectivity index (χ4n) is 1.56. The van der Waals surface area contributed by atoms with Gasteiger partial charge in [-0.1, -0.05) is 6.07 Å². The predicted molar refractivity (Wildman–Crippen MR) is 49.4 cm³/mol. The Labute approximate surface area is 81.6 Å². The molecule has 4 heteroatoms. The van der Waals surface area contributed by atoms with Gasteiger partial charge in [0.1, 0.15) is 11.6 Å². The number of halogens is 1. The number of nitrogens with two attached hydrogens (primary N) is 1. The van der Waals surface area contributed by atoms with E-state index in [4.69, 9.17) is 15.2 Å². The van der Waals surface area contributed by atoms with E-state index in [1.165, 1.54) is 6.07 Å². The van der Waals surface area contributed by atoms with Gasteiger partial charge in [0, 0.05) is 0 Å². The van der Waals surface area contributed by atoms with Crippen LogP contribution in [-0.4, -0.2) is 13.3 Å². The summed E-state index contributed by atoms with van der Waals surface area (Å²) >= 11 is 0. The molecule has 1 aromatic rings. The smallest absolute Gasteiger partial charge is 0.189 e. The van der Waals surface area contributed by atoms with Gasteiger partial charge in [0.05, 0.1) is 12.2 Å². The summed E-state index contributed by atoms with van der Waals surface area (Å²) < 4.78 is 23.6. The van der Waals surface area contributed by atoms with Crippen molar-refractivity contribution in [3.63, 3.8) is 0 Å². The predicted octanol–water partition coefficient (Wildman–Crippen LogP) is 1.19. The van der Waals surface area contributed by atoms with E-state index >= 15 is 0 Å². The van der Waals surface area contributed by atoms with Crippen LogP contribution in [0.25, 0.3) is 0 Å². The van der Waals surface area contributed by atoms with Crippen LogP contribution in [0, 0.1) is 5.82 Å². The first-order valence-electron chi connectivity index (χ1n) is 4.54. The molecule has 3 nitrogen and oxygen atoms in total. The normalized spacial score (nSPS) is 14.7. The first kappa shape index (κ1) is 9.43. The van der Waals surface area contributed by atoms with Gasteiger partial charge in [-0.3, -0.25) is 0 Å². The highest BCUT2D eigenvalue weighted by molar-refractivity contribution is 5.43. The number of rotatable bonds is 2.